The van der Waals surface area contributed by atoms with E-state index in [0.717, 1.165) is 12.8 Å². The van der Waals surface area contributed by atoms with E-state index in [1.807, 2.05) is 18.2 Å². The van der Waals surface area contributed by atoms with Crippen LogP contribution in [0.5, 0.6) is 0 Å². The average Bonchev–Trinajstić information content (AvgIpc) is 2.28. The van der Waals surface area contributed by atoms with Gasteiger partial charge >= 0.3 is 0 Å². The third kappa shape index (κ3) is 3.07. The Morgan fingerprint density at radius 1 is 1.41 bits per heavy atom. The van der Waals surface area contributed by atoms with Crippen molar-refractivity contribution >= 4 is 5.91 Å². The standard InChI is InChI=1S/C14H19NO2/c1-11(16)15-14(2)8-9-17-13(10-14)12-6-4-3-5-7-12/h3-7,13H,8-10H2,1-2H3,(H,15,16)/t13-,14-/m1/s1. The lowest BCUT2D eigenvalue weighted by Gasteiger charge is -2.38. The summed E-state index contributed by atoms with van der Waals surface area (Å²) in [5.74, 6) is 0.0289. The second kappa shape index (κ2) is 4.88. The normalized spacial score (nSPS) is 28.7. The topological polar surface area (TPSA) is 38.3 Å². The van der Waals surface area contributed by atoms with Crippen LogP contribution in [0.3, 0.4) is 0 Å². The third-order valence-corrected chi connectivity index (χ3v) is 3.26. The van der Waals surface area contributed by atoms with Gasteiger partial charge in [0, 0.05) is 25.5 Å². The number of benzene rings is 1. The largest absolute Gasteiger partial charge is 0.373 e. The van der Waals surface area contributed by atoms with Gasteiger partial charge in [0.05, 0.1) is 6.10 Å². The van der Waals surface area contributed by atoms with Gasteiger partial charge < -0.3 is 10.1 Å². The Balaban J connectivity index is 2.09. The van der Waals surface area contributed by atoms with Crippen molar-refractivity contribution in [2.45, 2.75) is 38.3 Å². The van der Waals surface area contributed by atoms with Crippen LogP contribution < -0.4 is 5.32 Å². The van der Waals surface area contributed by atoms with Gasteiger partial charge in [-0.05, 0) is 18.9 Å². The summed E-state index contributed by atoms with van der Waals surface area (Å²) in [6.45, 7) is 4.35. The predicted octanol–water partition coefficient (Wildman–Crippen LogP) is 2.43. The number of amides is 1. The number of hydrogen-bond acceptors (Lipinski definition) is 2. The van der Waals surface area contributed by atoms with Crippen LogP contribution in [-0.2, 0) is 9.53 Å². The van der Waals surface area contributed by atoms with Gasteiger partial charge in [-0.25, -0.2) is 0 Å². The molecule has 0 aliphatic carbocycles. The first kappa shape index (κ1) is 12.1. The molecule has 1 aromatic rings. The molecule has 1 aliphatic heterocycles. The van der Waals surface area contributed by atoms with E-state index < -0.39 is 0 Å². The van der Waals surface area contributed by atoms with Crippen molar-refractivity contribution in [3.8, 4) is 0 Å². The van der Waals surface area contributed by atoms with Crippen LogP contribution in [0.4, 0.5) is 0 Å². The molecule has 1 aliphatic rings. The summed E-state index contributed by atoms with van der Waals surface area (Å²) in [5, 5.41) is 3.04. The van der Waals surface area contributed by atoms with E-state index in [0.29, 0.717) is 6.61 Å². The lowest BCUT2D eigenvalue weighted by molar-refractivity contribution is -0.122. The second-order valence-corrected chi connectivity index (χ2v) is 4.97. The third-order valence-electron chi connectivity index (χ3n) is 3.26. The summed E-state index contributed by atoms with van der Waals surface area (Å²) >= 11 is 0. The molecule has 1 heterocycles. The minimum absolute atomic E-state index is 0.0289. The van der Waals surface area contributed by atoms with E-state index in [-0.39, 0.29) is 17.6 Å². The highest BCUT2D eigenvalue weighted by Crippen LogP contribution is 2.33. The van der Waals surface area contributed by atoms with Crippen LogP contribution in [0.1, 0.15) is 38.4 Å². The number of ether oxygens (including phenoxy) is 1. The quantitative estimate of drug-likeness (QED) is 0.852. The zero-order valence-electron chi connectivity index (χ0n) is 10.4. The number of carbonyl (C=O) groups excluding carboxylic acids is 1. The molecule has 0 unspecified atom stereocenters. The maximum atomic E-state index is 11.2. The molecule has 1 fully saturated rings. The highest BCUT2D eigenvalue weighted by atomic mass is 16.5. The van der Waals surface area contributed by atoms with Gasteiger partial charge in [-0.2, -0.15) is 0 Å². The highest BCUT2D eigenvalue weighted by Gasteiger charge is 2.34. The van der Waals surface area contributed by atoms with Gasteiger partial charge in [-0.1, -0.05) is 30.3 Å². The van der Waals surface area contributed by atoms with Crippen molar-refractivity contribution in [3.63, 3.8) is 0 Å². The lowest BCUT2D eigenvalue weighted by atomic mass is 9.86. The molecule has 17 heavy (non-hydrogen) atoms. The SMILES string of the molecule is CC(=O)N[C@]1(C)CCO[C@@H](c2ccccc2)C1. The summed E-state index contributed by atoms with van der Waals surface area (Å²) in [7, 11) is 0. The fourth-order valence-corrected chi connectivity index (χ4v) is 2.42. The maximum absolute atomic E-state index is 11.2. The van der Waals surface area contributed by atoms with E-state index in [2.05, 4.69) is 24.4 Å². The number of nitrogens with one attached hydrogen (secondary N) is 1. The molecule has 0 radical (unpaired) electrons. The molecule has 92 valence electrons. The molecule has 1 N–H and O–H groups in total. The van der Waals surface area contributed by atoms with Crippen molar-refractivity contribution in [1.82, 2.24) is 5.32 Å². The molecule has 2 atom stereocenters. The van der Waals surface area contributed by atoms with Gasteiger partial charge in [-0.3, -0.25) is 4.79 Å². The van der Waals surface area contributed by atoms with E-state index in [1.54, 1.807) is 6.92 Å². The Hall–Kier alpha value is -1.35. The summed E-state index contributed by atoms with van der Waals surface area (Å²) in [4.78, 5) is 11.2. The van der Waals surface area contributed by atoms with Crippen molar-refractivity contribution in [1.29, 1.82) is 0 Å². The molecule has 3 nitrogen and oxygen atoms in total. The van der Waals surface area contributed by atoms with Crippen molar-refractivity contribution < 1.29 is 9.53 Å². The molecule has 1 aromatic carbocycles. The Kier molecular flexibility index (Phi) is 3.48. The predicted molar refractivity (Wildman–Crippen MR) is 66.6 cm³/mol. The summed E-state index contributed by atoms with van der Waals surface area (Å²) in [5.41, 5.74) is 1.04. The first-order valence-electron chi connectivity index (χ1n) is 6.04. The Morgan fingerprint density at radius 3 is 2.76 bits per heavy atom. The number of carbonyl (C=O) groups is 1. The Bertz CT molecular complexity index is 390. The van der Waals surface area contributed by atoms with Gasteiger partial charge in [0.1, 0.15) is 0 Å². The Labute approximate surface area is 102 Å². The fraction of sp³-hybridized carbons (Fsp3) is 0.500. The van der Waals surface area contributed by atoms with Crippen LogP contribution in [-0.4, -0.2) is 18.1 Å². The molecule has 3 heteroatoms. The molecule has 1 saturated heterocycles. The summed E-state index contributed by atoms with van der Waals surface area (Å²) < 4.78 is 5.79. The van der Waals surface area contributed by atoms with E-state index in [1.165, 1.54) is 5.56 Å². The lowest BCUT2D eigenvalue weighted by Crippen LogP contribution is -2.49. The van der Waals surface area contributed by atoms with Gasteiger partial charge in [-0.15, -0.1) is 0 Å². The van der Waals surface area contributed by atoms with Gasteiger partial charge in [0.15, 0.2) is 0 Å². The summed E-state index contributed by atoms with van der Waals surface area (Å²) in [6.07, 6.45) is 1.79. The molecular formula is C14H19NO2. The summed E-state index contributed by atoms with van der Waals surface area (Å²) in [6, 6.07) is 10.2. The molecule has 0 aromatic heterocycles. The van der Waals surface area contributed by atoms with Gasteiger partial charge in [0.2, 0.25) is 5.91 Å². The van der Waals surface area contributed by atoms with Crippen LogP contribution >= 0.6 is 0 Å². The zero-order valence-corrected chi connectivity index (χ0v) is 10.4. The average molecular weight is 233 g/mol. The van der Waals surface area contributed by atoms with Crippen molar-refractivity contribution in [2.24, 2.45) is 0 Å². The molecular weight excluding hydrogens is 214 g/mol. The first-order valence-corrected chi connectivity index (χ1v) is 6.04. The maximum Gasteiger partial charge on any atom is 0.217 e. The minimum atomic E-state index is -0.148. The number of hydrogen-bond donors (Lipinski definition) is 1. The van der Waals surface area contributed by atoms with Crippen LogP contribution in [0.2, 0.25) is 0 Å². The first-order chi connectivity index (χ1) is 8.09. The van der Waals surface area contributed by atoms with Crippen molar-refractivity contribution in [2.75, 3.05) is 6.61 Å². The zero-order chi connectivity index (χ0) is 12.3. The molecule has 0 bridgehead atoms. The van der Waals surface area contributed by atoms with Crippen molar-refractivity contribution in [3.05, 3.63) is 35.9 Å². The smallest absolute Gasteiger partial charge is 0.217 e. The van der Waals surface area contributed by atoms with Gasteiger partial charge in [0.25, 0.3) is 0 Å². The van der Waals surface area contributed by atoms with E-state index >= 15 is 0 Å². The molecule has 0 saturated carbocycles. The second-order valence-electron chi connectivity index (χ2n) is 4.97. The Morgan fingerprint density at radius 2 is 2.12 bits per heavy atom. The fourth-order valence-electron chi connectivity index (χ4n) is 2.42. The molecule has 0 spiro atoms. The minimum Gasteiger partial charge on any atom is -0.373 e. The van der Waals surface area contributed by atoms with E-state index in [4.69, 9.17) is 4.74 Å². The van der Waals surface area contributed by atoms with Crippen LogP contribution in [0.15, 0.2) is 30.3 Å². The van der Waals surface area contributed by atoms with E-state index in [9.17, 15) is 4.79 Å². The molecule has 1 amide bonds. The van der Waals surface area contributed by atoms with Crippen LogP contribution in [0.25, 0.3) is 0 Å². The highest BCUT2D eigenvalue weighted by molar-refractivity contribution is 5.73. The molecule has 2 rings (SSSR count). The number of rotatable bonds is 2. The van der Waals surface area contributed by atoms with Crippen LogP contribution in [0, 0.1) is 0 Å². The monoisotopic (exact) mass is 233 g/mol.